The lowest BCUT2D eigenvalue weighted by Gasteiger charge is -2.30. The number of carboxylic acid groups (broad SMARTS) is 1. The summed E-state index contributed by atoms with van der Waals surface area (Å²) in [6, 6.07) is -0.254. The predicted molar refractivity (Wildman–Crippen MR) is 124 cm³/mol. The highest BCUT2D eigenvalue weighted by atomic mass is 79.9. The van der Waals surface area contributed by atoms with Crippen LogP contribution in [0.2, 0.25) is 0 Å². The maximum Gasteiger partial charge on any atom is 0.417 e. The monoisotopic (exact) mass is 594 g/mol. The van der Waals surface area contributed by atoms with Crippen LogP contribution in [0.4, 0.5) is 26.7 Å². The summed E-state index contributed by atoms with van der Waals surface area (Å²) in [5.41, 5.74) is -2.28. The highest BCUT2D eigenvalue weighted by Crippen LogP contribution is 2.43. The van der Waals surface area contributed by atoms with Crippen LogP contribution < -0.4 is 9.47 Å². The van der Waals surface area contributed by atoms with E-state index in [1.54, 1.807) is 6.92 Å². The number of halogens is 6. The average molecular weight is 595 g/mol. The van der Waals surface area contributed by atoms with E-state index in [-0.39, 0.29) is 49.8 Å². The second-order valence-corrected chi connectivity index (χ2v) is 10.6. The van der Waals surface area contributed by atoms with Crippen LogP contribution in [-0.4, -0.2) is 81.1 Å². The van der Waals surface area contributed by atoms with Gasteiger partial charge in [-0.15, -0.1) is 0 Å². The molecular weight excluding hydrogens is 571 g/mol. The van der Waals surface area contributed by atoms with Crippen LogP contribution in [0.5, 0.6) is 11.9 Å². The number of rotatable bonds is 5. The molecule has 1 N–H and O–H groups in total. The number of nitrogens with zero attached hydrogens (tertiary/aromatic N) is 4. The molecule has 0 aliphatic carbocycles. The minimum Gasteiger partial charge on any atom is -0.471 e. The van der Waals surface area contributed by atoms with Crippen LogP contribution in [-0.2, 0) is 6.18 Å². The van der Waals surface area contributed by atoms with Crippen molar-refractivity contribution in [3.05, 3.63) is 21.9 Å². The quantitative estimate of drug-likeness (QED) is 0.486. The zero-order valence-electron chi connectivity index (χ0n) is 19.7. The summed E-state index contributed by atoms with van der Waals surface area (Å²) in [6.07, 6.45) is -5.69. The standard InChI is InChI=1S/C23H24BrF5N4O4/c1-11-15(3-6-33(11)21(34)35)37-19-13-7-14(23(27,28)29)16(24)17(26)18(13)30-20(31-19)36-10-22-4-2-5-32(22)9-12(25)8-22/h7,11-12,15H,2-6,8-10H2,1H3,(H,34,35)/t11-,12-,15-,22+/m1/s1. The van der Waals surface area contributed by atoms with E-state index < -0.39 is 57.5 Å². The largest absolute Gasteiger partial charge is 0.471 e. The Labute approximate surface area is 216 Å². The first-order chi connectivity index (χ1) is 17.4. The van der Waals surface area contributed by atoms with E-state index in [9.17, 15) is 27.5 Å². The molecule has 0 bridgehead atoms. The fourth-order valence-electron chi connectivity index (χ4n) is 5.65. The lowest BCUT2D eigenvalue weighted by Crippen LogP contribution is -2.43. The second kappa shape index (κ2) is 9.37. The van der Waals surface area contributed by atoms with E-state index in [0.717, 1.165) is 17.9 Å². The Hall–Kier alpha value is -2.48. The molecule has 2 aromatic rings. The van der Waals surface area contributed by atoms with Crippen LogP contribution in [0, 0.1) is 5.82 Å². The molecule has 8 nitrogen and oxygen atoms in total. The molecule has 0 unspecified atom stereocenters. The van der Waals surface area contributed by atoms with Gasteiger partial charge in [0, 0.05) is 25.9 Å². The van der Waals surface area contributed by atoms with Crippen molar-refractivity contribution in [2.24, 2.45) is 0 Å². The number of alkyl halides is 4. The fraction of sp³-hybridized carbons (Fsp3) is 0.609. The van der Waals surface area contributed by atoms with Crippen LogP contribution in [0.3, 0.4) is 0 Å². The molecular formula is C23H24BrF5N4O4. The number of amides is 1. The first kappa shape index (κ1) is 26.1. The number of hydrogen-bond acceptors (Lipinski definition) is 6. The van der Waals surface area contributed by atoms with Gasteiger partial charge in [-0.3, -0.25) is 4.90 Å². The minimum absolute atomic E-state index is 0.0222. The Kier molecular flexibility index (Phi) is 6.62. The van der Waals surface area contributed by atoms with Crippen molar-refractivity contribution in [3.63, 3.8) is 0 Å². The summed E-state index contributed by atoms with van der Waals surface area (Å²) < 4.78 is 81.1. The van der Waals surface area contributed by atoms with Crippen molar-refractivity contribution in [1.82, 2.24) is 19.8 Å². The average Bonchev–Trinajstić information content (AvgIpc) is 3.46. The van der Waals surface area contributed by atoms with Gasteiger partial charge in [-0.1, -0.05) is 0 Å². The second-order valence-electron chi connectivity index (χ2n) is 9.78. The van der Waals surface area contributed by atoms with Crippen molar-refractivity contribution < 1.29 is 41.3 Å². The summed E-state index contributed by atoms with van der Waals surface area (Å²) in [7, 11) is 0. The van der Waals surface area contributed by atoms with Crippen LogP contribution in [0.15, 0.2) is 10.5 Å². The van der Waals surface area contributed by atoms with Gasteiger partial charge >= 0.3 is 18.3 Å². The lowest BCUT2D eigenvalue weighted by atomic mass is 9.95. The first-order valence-corrected chi connectivity index (χ1v) is 12.6. The van der Waals surface area contributed by atoms with E-state index in [4.69, 9.17) is 9.47 Å². The van der Waals surface area contributed by atoms with Crippen molar-refractivity contribution >= 4 is 32.9 Å². The molecule has 3 fully saturated rings. The molecule has 1 aromatic carbocycles. The SMILES string of the molecule is C[C@@H]1[C@H](Oc2nc(OC[C@@]34CCCN3C[C@H](F)C4)nc3c(F)c(Br)c(C(F)(F)F)cc23)CCN1C(=O)O. The number of hydrogen-bond donors (Lipinski definition) is 1. The number of aromatic nitrogens is 2. The Morgan fingerprint density at radius 2 is 2.08 bits per heavy atom. The van der Waals surface area contributed by atoms with Crippen molar-refractivity contribution in [3.8, 4) is 11.9 Å². The van der Waals surface area contributed by atoms with E-state index >= 15 is 4.39 Å². The Bertz CT molecular complexity index is 1230. The molecule has 37 heavy (non-hydrogen) atoms. The summed E-state index contributed by atoms with van der Waals surface area (Å²) in [4.78, 5) is 22.8. The zero-order valence-corrected chi connectivity index (χ0v) is 21.3. The maximum absolute atomic E-state index is 15.2. The Balaban J connectivity index is 1.53. The van der Waals surface area contributed by atoms with Crippen LogP contribution in [0.1, 0.15) is 38.2 Å². The van der Waals surface area contributed by atoms with Gasteiger partial charge in [0.15, 0.2) is 5.82 Å². The highest BCUT2D eigenvalue weighted by Gasteiger charge is 2.49. The fourth-order valence-corrected chi connectivity index (χ4v) is 6.17. The number of fused-ring (bicyclic) bond motifs is 2. The van der Waals surface area contributed by atoms with Gasteiger partial charge in [0.1, 0.15) is 24.4 Å². The van der Waals surface area contributed by atoms with Crippen LogP contribution in [0.25, 0.3) is 10.9 Å². The molecule has 3 aliphatic heterocycles. The summed E-state index contributed by atoms with van der Waals surface area (Å²) >= 11 is 2.69. The summed E-state index contributed by atoms with van der Waals surface area (Å²) in [6.45, 7) is 2.79. The van der Waals surface area contributed by atoms with Crippen molar-refractivity contribution in [1.29, 1.82) is 0 Å². The van der Waals surface area contributed by atoms with Gasteiger partial charge in [-0.2, -0.15) is 23.1 Å². The maximum atomic E-state index is 15.2. The lowest BCUT2D eigenvalue weighted by molar-refractivity contribution is -0.138. The molecule has 3 saturated heterocycles. The zero-order chi connectivity index (χ0) is 26.7. The Morgan fingerprint density at radius 3 is 2.76 bits per heavy atom. The molecule has 5 rings (SSSR count). The van der Waals surface area contributed by atoms with Gasteiger partial charge in [0.05, 0.1) is 27.0 Å². The van der Waals surface area contributed by atoms with Gasteiger partial charge in [0.2, 0.25) is 5.88 Å². The molecule has 14 heteroatoms. The van der Waals surface area contributed by atoms with Crippen molar-refractivity contribution in [2.75, 3.05) is 26.2 Å². The molecule has 1 aromatic heterocycles. The molecule has 4 heterocycles. The molecule has 1 amide bonds. The summed E-state index contributed by atoms with van der Waals surface area (Å²) in [5, 5.41) is 9.03. The number of benzene rings is 1. The summed E-state index contributed by atoms with van der Waals surface area (Å²) in [5.74, 6) is -1.62. The number of ether oxygens (including phenoxy) is 2. The van der Waals surface area contributed by atoms with Gasteiger partial charge in [-0.25, -0.2) is 13.6 Å². The smallest absolute Gasteiger partial charge is 0.417 e. The van der Waals surface area contributed by atoms with E-state index in [1.165, 1.54) is 0 Å². The van der Waals surface area contributed by atoms with Gasteiger partial charge < -0.3 is 19.5 Å². The van der Waals surface area contributed by atoms with Gasteiger partial charge in [0.25, 0.3) is 0 Å². The normalized spacial score (nSPS) is 28.2. The molecule has 4 atom stereocenters. The highest BCUT2D eigenvalue weighted by molar-refractivity contribution is 9.10. The molecule has 0 radical (unpaired) electrons. The van der Waals surface area contributed by atoms with Crippen molar-refractivity contribution in [2.45, 2.75) is 62.6 Å². The third-order valence-electron chi connectivity index (χ3n) is 7.55. The van der Waals surface area contributed by atoms with E-state index in [1.807, 2.05) is 4.90 Å². The van der Waals surface area contributed by atoms with E-state index in [2.05, 4.69) is 25.9 Å². The minimum atomic E-state index is -4.88. The third kappa shape index (κ3) is 4.66. The first-order valence-electron chi connectivity index (χ1n) is 11.8. The van der Waals surface area contributed by atoms with E-state index in [0.29, 0.717) is 12.5 Å². The Morgan fingerprint density at radius 1 is 1.32 bits per heavy atom. The molecule has 3 aliphatic rings. The topological polar surface area (TPSA) is 88.0 Å². The molecule has 0 saturated carbocycles. The molecule has 202 valence electrons. The number of likely N-dealkylation sites (tertiary alicyclic amines) is 1. The predicted octanol–water partition coefficient (Wildman–Crippen LogP) is 5.03. The van der Waals surface area contributed by atoms with Crippen LogP contribution >= 0.6 is 15.9 Å². The van der Waals surface area contributed by atoms with Gasteiger partial charge in [-0.05, 0) is 48.3 Å². The third-order valence-corrected chi connectivity index (χ3v) is 8.32. The number of carbonyl (C=O) groups is 1. The molecule has 0 spiro atoms.